The lowest BCUT2D eigenvalue weighted by Gasteiger charge is -2.36. The molecule has 104 valence electrons. The zero-order chi connectivity index (χ0) is 14.0. The molecule has 0 aromatic carbocycles. The minimum atomic E-state index is -0.993. The van der Waals surface area contributed by atoms with Crippen molar-refractivity contribution in [3.63, 3.8) is 0 Å². The van der Waals surface area contributed by atoms with Crippen LogP contribution in [0.5, 0.6) is 0 Å². The lowest BCUT2D eigenvalue weighted by atomic mass is 10.0. The molecule has 7 nitrogen and oxygen atoms in total. The van der Waals surface area contributed by atoms with Crippen LogP contribution in [0.2, 0.25) is 0 Å². The van der Waals surface area contributed by atoms with Crippen LogP contribution in [0.3, 0.4) is 0 Å². The van der Waals surface area contributed by atoms with E-state index in [0.717, 1.165) is 11.3 Å². The molecule has 1 aliphatic rings. The average Bonchev–Trinajstić information content (AvgIpc) is 2.77. The third kappa shape index (κ3) is 2.91. The lowest BCUT2D eigenvalue weighted by molar-refractivity contribution is -0.173. The predicted molar refractivity (Wildman–Crippen MR) is 68.1 cm³/mol. The first-order valence-electron chi connectivity index (χ1n) is 5.83. The first-order valence-corrected chi connectivity index (χ1v) is 6.64. The Morgan fingerprint density at radius 2 is 2.26 bits per heavy atom. The molecule has 1 fully saturated rings. The monoisotopic (exact) mass is 285 g/mol. The maximum absolute atomic E-state index is 11.9. The number of nitrogens with one attached hydrogen (secondary N) is 1. The quantitative estimate of drug-likeness (QED) is 0.661. The number of nitrogens with zero attached hydrogens (tertiary/aromatic N) is 1. The lowest BCUT2D eigenvalue weighted by Crippen LogP contribution is -2.56. The Morgan fingerprint density at radius 3 is 2.68 bits per heavy atom. The van der Waals surface area contributed by atoms with E-state index in [9.17, 15) is 14.7 Å². The molecule has 1 aromatic heterocycles. The van der Waals surface area contributed by atoms with Gasteiger partial charge in [0.25, 0.3) is 11.8 Å². The van der Waals surface area contributed by atoms with Crippen LogP contribution in [-0.2, 0) is 11.2 Å². The van der Waals surface area contributed by atoms with Crippen LogP contribution in [0, 0.1) is 0 Å². The number of carbonyl (C=O) groups excluding carboxylic acids is 2. The van der Waals surface area contributed by atoms with Crippen molar-refractivity contribution in [1.29, 1.82) is 0 Å². The van der Waals surface area contributed by atoms with Gasteiger partial charge in [0, 0.05) is 4.88 Å². The summed E-state index contributed by atoms with van der Waals surface area (Å²) in [7, 11) is 0. The number of ether oxygens (including phenoxy) is 1. The van der Waals surface area contributed by atoms with Crippen molar-refractivity contribution >= 4 is 23.2 Å². The zero-order valence-corrected chi connectivity index (χ0v) is 11.2. The van der Waals surface area contributed by atoms with Gasteiger partial charge in [-0.2, -0.15) is 0 Å². The highest BCUT2D eigenvalue weighted by Crippen LogP contribution is 2.20. The molecule has 1 saturated heterocycles. The fraction of sp³-hybridized carbons (Fsp3) is 0.545. The summed E-state index contributed by atoms with van der Waals surface area (Å²) < 4.78 is 4.87. The number of primary amides is 1. The Bertz CT molecular complexity index is 510. The van der Waals surface area contributed by atoms with Gasteiger partial charge in [0.2, 0.25) is 0 Å². The van der Waals surface area contributed by atoms with Crippen LogP contribution in [0.25, 0.3) is 0 Å². The Labute approximate surface area is 113 Å². The van der Waals surface area contributed by atoms with Crippen molar-refractivity contribution < 1.29 is 19.4 Å². The van der Waals surface area contributed by atoms with Gasteiger partial charge in [-0.3, -0.25) is 9.59 Å². The minimum absolute atomic E-state index is 0.0960. The van der Waals surface area contributed by atoms with Gasteiger partial charge < -0.3 is 20.9 Å². The number of aromatic nitrogens is 1. The highest BCUT2D eigenvalue weighted by Gasteiger charge is 2.36. The molecule has 0 bridgehead atoms. The molecule has 0 aliphatic carbocycles. The summed E-state index contributed by atoms with van der Waals surface area (Å²) in [6.45, 7) is 2.37. The summed E-state index contributed by atoms with van der Waals surface area (Å²) in [6.07, 6.45) is 0.584. The highest BCUT2D eigenvalue weighted by molar-refractivity contribution is 7.13. The molecule has 0 radical (unpaired) electrons. The third-order valence-electron chi connectivity index (χ3n) is 2.77. The van der Waals surface area contributed by atoms with Crippen molar-refractivity contribution in [2.75, 3.05) is 19.8 Å². The molecular formula is C11H15N3O4S. The van der Waals surface area contributed by atoms with E-state index in [-0.39, 0.29) is 30.5 Å². The molecule has 0 spiro atoms. The van der Waals surface area contributed by atoms with E-state index in [1.165, 1.54) is 0 Å². The molecule has 2 rings (SSSR count). The van der Waals surface area contributed by atoms with E-state index < -0.39 is 17.4 Å². The molecule has 1 aliphatic heterocycles. The van der Waals surface area contributed by atoms with Crippen LogP contribution in [0.15, 0.2) is 0 Å². The van der Waals surface area contributed by atoms with Crippen molar-refractivity contribution in [2.45, 2.75) is 18.9 Å². The van der Waals surface area contributed by atoms with Crippen LogP contribution in [0.4, 0.5) is 0 Å². The van der Waals surface area contributed by atoms with Crippen molar-refractivity contribution in [1.82, 2.24) is 10.3 Å². The second-order valence-corrected chi connectivity index (χ2v) is 5.49. The average molecular weight is 285 g/mol. The van der Waals surface area contributed by atoms with Gasteiger partial charge >= 0.3 is 0 Å². The first kappa shape index (κ1) is 13.9. The third-order valence-corrected chi connectivity index (χ3v) is 3.96. The Balaban J connectivity index is 2.04. The minimum Gasteiger partial charge on any atom is -0.383 e. The van der Waals surface area contributed by atoms with Crippen molar-refractivity contribution in [3.8, 4) is 0 Å². The largest absolute Gasteiger partial charge is 0.383 e. The SMILES string of the molecule is CCc1sc(C(=O)NCC2(O)COC2)nc1C(N)=O. The van der Waals surface area contributed by atoms with Crippen LogP contribution < -0.4 is 11.1 Å². The first-order chi connectivity index (χ1) is 8.95. The number of thiazole rings is 1. The molecule has 8 heteroatoms. The van der Waals surface area contributed by atoms with Gasteiger partial charge in [0.05, 0.1) is 19.8 Å². The van der Waals surface area contributed by atoms with Crippen molar-refractivity contribution in [3.05, 3.63) is 15.6 Å². The number of aliphatic hydroxyl groups is 1. The number of hydrogen-bond donors (Lipinski definition) is 3. The normalized spacial score (nSPS) is 16.7. The predicted octanol–water partition coefficient (Wildman–Crippen LogP) is -0.704. The number of hydrogen-bond acceptors (Lipinski definition) is 6. The fourth-order valence-corrected chi connectivity index (χ4v) is 2.56. The van der Waals surface area contributed by atoms with Gasteiger partial charge in [-0.25, -0.2) is 4.98 Å². The second kappa shape index (κ2) is 5.24. The van der Waals surface area contributed by atoms with Gasteiger partial charge in [-0.15, -0.1) is 11.3 Å². The number of amides is 2. The number of carbonyl (C=O) groups is 2. The summed E-state index contributed by atoms with van der Waals surface area (Å²) in [6, 6.07) is 0. The van der Waals surface area contributed by atoms with Crippen LogP contribution in [-0.4, -0.2) is 47.3 Å². The Kier molecular flexibility index (Phi) is 3.83. The maximum atomic E-state index is 11.9. The smallest absolute Gasteiger partial charge is 0.280 e. The Hall–Kier alpha value is -1.51. The van der Waals surface area contributed by atoms with Crippen molar-refractivity contribution in [2.24, 2.45) is 5.73 Å². The van der Waals surface area contributed by atoms with Gasteiger partial charge in [-0.1, -0.05) is 6.92 Å². The molecular weight excluding hydrogens is 270 g/mol. The zero-order valence-electron chi connectivity index (χ0n) is 10.4. The van der Waals surface area contributed by atoms with E-state index in [4.69, 9.17) is 10.5 Å². The summed E-state index contributed by atoms with van der Waals surface area (Å²) in [4.78, 5) is 27.7. The molecule has 0 atom stereocenters. The number of aryl methyl sites for hydroxylation is 1. The van der Waals surface area contributed by atoms with Crippen LogP contribution in [0.1, 0.15) is 32.1 Å². The summed E-state index contributed by atoms with van der Waals surface area (Å²) in [5, 5.41) is 12.5. The molecule has 2 heterocycles. The standard InChI is InChI=1S/C11H15N3O4S/c1-2-6-7(8(12)15)14-10(19-6)9(16)13-3-11(17)4-18-5-11/h17H,2-5H2,1H3,(H2,12,15)(H,13,16). The van der Waals surface area contributed by atoms with E-state index in [1.54, 1.807) is 0 Å². The van der Waals surface area contributed by atoms with Gasteiger partial charge in [0.15, 0.2) is 5.01 Å². The maximum Gasteiger partial charge on any atom is 0.280 e. The van der Waals surface area contributed by atoms with E-state index in [0.29, 0.717) is 11.3 Å². The van der Waals surface area contributed by atoms with Crippen LogP contribution >= 0.6 is 11.3 Å². The molecule has 4 N–H and O–H groups in total. The van der Waals surface area contributed by atoms with Gasteiger partial charge in [-0.05, 0) is 6.42 Å². The van der Waals surface area contributed by atoms with Gasteiger partial charge in [0.1, 0.15) is 11.3 Å². The summed E-state index contributed by atoms with van der Waals surface area (Å²) in [5.41, 5.74) is 4.34. The number of rotatable bonds is 5. The number of nitrogens with two attached hydrogens (primary N) is 1. The molecule has 1 aromatic rings. The van der Waals surface area contributed by atoms with E-state index >= 15 is 0 Å². The summed E-state index contributed by atoms with van der Waals surface area (Å²) in [5.74, 6) is -1.06. The highest BCUT2D eigenvalue weighted by atomic mass is 32.1. The fourth-order valence-electron chi connectivity index (χ4n) is 1.64. The molecule has 0 saturated carbocycles. The topological polar surface area (TPSA) is 115 Å². The second-order valence-electron chi connectivity index (χ2n) is 4.41. The molecule has 19 heavy (non-hydrogen) atoms. The Morgan fingerprint density at radius 1 is 1.58 bits per heavy atom. The molecule has 0 unspecified atom stereocenters. The summed E-state index contributed by atoms with van der Waals surface area (Å²) >= 11 is 1.14. The van der Waals surface area contributed by atoms with E-state index in [1.807, 2.05) is 6.92 Å². The van der Waals surface area contributed by atoms with E-state index in [2.05, 4.69) is 10.3 Å². The molecule has 2 amide bonds.